The zero-order valence-electron chi connectivity index (χ0n) is 14.9. The molecular formula is C19H27ClN2O3. The Hall–Kier alpha value is -1.72. The van der Waals surface area contributed by atoms with E-state index in [1.54, 1.807) is 7.11 Å². The second kappa shape index (κ2) is 9.11. The molecule has 5 nitrogen and oxygen atoms in total. The fraction of sp³-hybridized carbons (Fsp3) is 0.526. The van der Waals surface area contributed by atoms with Crippen molar-refractivity contribution in [3.05, 3.63) is 29.3 Å². The molecule has 0 aromatic heterocycles. The number of carbonyl (C=O) groups excluding carboxylic acids is 1. The molecule has 0 aliphatic carbocycles. The Morgan fingerprint density at radius 1 is 1.36 bits per heavy atom. The van der Waals surface area contributed by atoms with Gasteiger partial charge in [-0.25, -0.2) is 0 Å². The van der Waals surface area contributed by atoms with Crippen LogP contribution in [0.3, 0.4) is 0 Å². The van der Waals surface area contributed by atoms with E-state index >= 15 is 0 Å². The van der Waals surface area contributed by atoms with Crippen molar-refractivity contribution in [3.8, 4) is 11.5 Å². The average molecular weight is 367 g/mol. The second-order valence-electron chi connectivity index (χ2n) is 6.49. The number of benzene rings is 1. The van der Waals surface area contributed by atoms with Crippen molar-refractivity contribution >= 4 is 24.4 Å². The molecule has 3 rings (SSSR count). The average Bonchev–Trinajstić information content (AvgIpc) is 2.65. The molecule has 1 amide bonds. The smallest absolute Gasteiger partial charge is 0.253 e. The molecule has 0 radical (unpaired) electrons. The first kappa shape index (κ1) is 19.6. The van der Waals surface area contributed by atoms with Gasteiger partial charge in [0.05, 0.1) is 12.7 Å². The van der Waals surface area contributed by atoms with Crippen LogP contribution in [-0.4, -0.2) is 51.2 Å². The van der Waals surface area contributed by atoms with Crippen molar-refractivity contribution in [1.29, 1.82) is 0 Å². The summed E-state index contributed by atoms with van der Waals surface area (Å²) in [4.78, 5) is 14.7. The monoisotopic (exact) mass is 366 g/mol. The predicted molar refractivity (Wildman–Crippen MR) is 102 cm³/mol. The van der Waals surface area contributed by atoms with Gasteiger partial charge in [-0.1, -0.05) is 0 Å². The van der Waals surface area contributed by atoms with E-state index in [0.29, 0.717) is 6.61 Å². The van der Waals surface area contributed by atoms with Gasteiger partial charge in [-0.05, 0) is 63.0 Å². The van der Waals surface area contributed by atoms with Crippen molar-refractivity contribution in [3.63, 3.8) is 0 Å². The highest BCUT2D eigenvalue weighted by atomic mass is 35.5. The number of likely N-dealkylation sites (tertiary alicyclic amines) is 1. The molecule has 0 spiro atoms. The van der Waals surface area contributed by atoms with Crippen LogP contribution in [0.4, 0.5) is 0 Å². The van der Waals surface area contributed by atoms with Gasteiger partial charge >= 0.3 is 0 Å². The van der Waals surface area contributed by atoms with E-state index in [-0.39, 0.29) is 18.3 Å². The maximum atomic E-state index is 12.8. The molecule has 0 unspecified atom stereocenters. The Kier molecular flexibility index (Phi) is 7.14. The summed E-state index contributed by atoms with van der Waals surface area (Å²) in [5.41, 5.74) is 1.64. The highest BCUT2D eigenvalue weighted by Crippen LogP contribution is 2.31. The standard InChI is InChI=1S/C19H26N2O3.ClH/c1-20-8-5-14-6-9-21(10-7-14)19(22)16-11-15-12-17(23-2)3-4-18(15)24-13-16;/h3-4,11-12,14,20H,5-10,13H2,1-2H3;1H. The summed E-state index contributed by atoms with van der Waals surface area (Å²) in [5, 5.41) is 3.20. The quantitative estimate of drug-likeness (QED) is 0.870. The molecule has 1 saturated heterocycles. The van der Waals surface area contributed by atoms with Crippen LogP contribution >= 0.6 is 12.4 Å². The van der Waals surface area contributed by atoms with Gasteiger partial charge in [0, 0.05) is 18.7 Å². The van der Waals surface area contributed by atoms with E-state index in [1.807, 2.05) is 36.2 Å². The van der Waals surface area contributed by atoms with Crippen LogP contribution < -0.4 is 14.8 Å². The molecule has 1 N–H and O–H groups in total. The van der Waals surface area contributed by atoms with Gasteiger partial charge in [0.25, 0.3) is 5.91 Å². The van der Waals surface area contributed by atoms with Crippen LogP contribution in [0.5, 0.6) is 11.5 Å². The van der Waals surface area contributed by atoms with E-state index in [9.17, 15) is 4.79 Å². The molecule has 1 fully saturated rings. The number of carbonyl (C=O) groups is 1. The summed E-state index contributed by atoms with van der Waals surface area (Å²) >= 11 is 0. The largest absolute Gasteiger partial charge is 0.497 e. The highest BCUT2D eigenvalue weighted by molar-refractivity contribution is 5.99. The van der Waals surface area contributed by atoms with E-state index in [1.165, 1.54) is 6.42 Å². The van der Waals surface area contributed by atoms with Crippen molar-refractivity contribution in [2.45, 2.75) is 19.3 Å². The molecule has 138 valence electrons. The first-order chi connectivity index (χ1) is 11.7. The fourth-order valence-electron chi connectivity index (χ4n) is 3.38. The summed E-state index contributed by atoms with van der Waals surface area (Å²) in [6, 6.07) is 5.67. The predicted octanol–water partition coefficient (Wildman–Crippen LogP) is 2.74. The van der Waals surface area contributed by atoms with Crippen LogP contribution in [0, 0.1) is 5.92 Å². The molecule has 0 bridgehead atoms. The van der Waals surface area contributed by atoms with Gasteiger partial charge in [0.1, 0.15) is 18.1 Å². The summed E-state index contributed by atoms with van der Waals surface area (Å²) in [7, 11) is 3.63. The third kappa shape index (κ3) is 4.67. The number of piperidine rings is 1. The van der Waals surface area contributed by atoms with Crippen molar-refractivity contribution < 1.29 is 14.3 Å². The van der Waals surface area contributed by atoms with E-state index in [0.717, 1.165) is 61.0 Å². The number of hydrogen-bond donors (Lipinski definition) is 1. The topological polar surface area (TPSA) is 50.8 Å². The molecule has 0 saturated carbocycles. The summed E-state index contributed by atoms with van der Waals surface area (Å²) in [6.07, 6.45) is 5.31. The minimum atomic E-state index is 0. The molecule has 0 atom stereocenters. The Morgan fingerprint density at radius 3 is 2.80 bits per heavy atom. The molecule has 2 aliphatic rings. The SMILES string of the molecule is CNCCC1CCN(C(=O)C2=Cc3cc(OC)ccc3OC2)CC1.Cl. The lowest BCUT2D eigenvalue weighted by atomic mass is 9.93. The van der Waals surface area contributed by atoms with Crippen LogP contribution in [0.15, 0.2) is 23.8 Å². The number of fused-ring (bicyclic) bond motifs is 1. The Morgan fingerprint density at radius 2 is 2.12 bits per heavy atom. The number of nitrogens with zero attached hydrogens (tertiary/aromatic N) is 1. The molecule has 1 aromatic rings. The van der Waals surface area contributed by atoms with E-state index < -0.39 is 0 Å². The fourth-order valence-corrected chi connectivity index (χ4v) is 3.38. The molecule has 6 heteroatoms. The number of amides is 1. The normalized spacial score (nSPS) is 17.0. The highest BCUT2D eigenvalue weighted by Gasteiger charge is 2.26. The first-order valence-electron chi connectivity index (χ1n) is 8.66. The van der Waals surface area contributed by atoms with E-state index in [4.69, 9.17) is 9.47 Å². The van der Waals surface area contributed by atoms with Crippen LogP contribution in [0.1, 0.15) is 24.8 Å². The minimum Gasteiger partial charge on any atom is -0.497 e. The second-order valence-corrected chi connectivity index (χ2v) is 6.49. The molecule has 2 heterocycles. The number of ether oxygens (including phenoxy) is 2. The first-order valence-corrected chi connectivity index (χ1v) is 8.66. The van der Waals surface area contributed by atoms with Gasteiger partial charge in [0.2, 0.25) is 0 Å². The maximum Gasteiger partial charge on any atom is 0.253 e. The number of hydrogen-bond acceptors (Lipinski definition) is 4. The number of halogens is 1. The van der Waals surface area contributed by atoms with Gasteiger partial charge < -0.3 is 19.7 Å². The minimum absolute atomic E-state index is 0. The number of nitrogens with one attached hydrogen (secondary N) is 1. The molecular weight excluding hydrogens is 340 g/mol. The lowest BCUT2D eigenvalue weighted by molar-refractivity contribution is -0.128. The van der Waals surface area contributed by atoms with Crippen LogP contribution in [0.2, 0.25) is 0 Å². The van der Waals surface area contributed by atoms with Gasteiger partial charge in [-0.3, -0.25) is 4.79 Å². The van der Waals surface area contributed by atoms with Crippen molar-refractivity contribution in [1.82, 2.24) is 10.2 Å². The van der Waals surface area contributed by atoms with Gasteiger partial charge in [-0.2, -0.15) is 0 Å². The third-order valence-electron chi connectivity index (χ3n) is 4.91. The molecule has 25 heavy (non-hydrogen) atoms. The summed E-state index contributed by atoms with van der Waals surface area (Å²) < 4.78 is 11.0. The lowest BCUT2D eigenvalue weighted by Crippen LogP contribution is -2.40. The number of rotatable bonds is 5. The van der Waals surface area contributed by atoms with E-state index in [2.05, 4.69) is 5.32 Å². The zero-order valence-corrected chi connectivity index (χ0v) is 15.7. The Labute approximate surface area is 155 Å². The third-order valence-corrected chi connectivity index (χ3v) is 4.91. The number of methoxy groups -OCH3 is 1. The van der Waals surface area contributed by atoms with Crippen molar-refractivity contribution in [2.24, 2.45) is 5.92 Å². The van der Waals surface area contributed by atoms with Gasteiger partial charge in [0.15, 0.2) is 0 Å². The Balaban J connectivity index is 0.00000225. The summed E-state index contributed by atoms with van der Waals surface area (Å²) in [6.45, 7) is 3.08. The maximum absolute atomic E-state index is 12.8. The summed E-state index contributed by atoms with van der Waals surface area (Å²) in [5.74, 6) is 2.41. The van der Waals surface area contributed by atoms with Crippen molar-refractivity contribution in [2.75, 3.05) is 40.4 Å². The molecule has 1 aromatic carbocycles. The zero-order chi connectivity index (χ0) is 16.9. The lowest BCUT2D eigenvalue weighted by Gasteiger charge is -2.33. The Bertz CT molecular complexity index is 625. The van der Waals surface area contributed by atoms with Crippen LogP contribution in [-0.2, 0) is 4.79 Å². The van der Waals surface area contributed by atoms with Gasteiger partial charge in [-0.15, -0.1) is 12.4 Å². The van der Waals surface area contributed by atoms with Crippen LogP contribution in [0.25, 0.3) is 6.08 Å². The molecule has 2 aliphatic heterocycles.